The minimum atomic E-state index is -3.49. The van der Waals surface area contributed by atoms with Crippen LogP contribution in [0.5, 0.6) is 0 Å². The number of guanidine groups is 1. The van der Waals surface area contributed by atoms with Gasteiger partial charge in [-0.3, -0.25) is 4.99 Å². The molecule has 0 amide bonds. The molecule has 0 spiro atoms. The highest BCUT2D eigenvalue weighted by Crippen LogP contribution is 2.16. The number of nitrogens with zero attached hydrogens (tertiary/aromatic N) is 1. The Bertz CT molecular complexity index is 639. The maximum absolute atomic E-state index is 12.3. The van der Waals surface area contributed by atoms with Crippen molar-refractivity contribution >= 4 is 16.0 Å². The maximum atomic E-state index is 12.3. The molecule has 0 unspecified atom stereocenters. The van der Waals surface area contributed by atoms with E-state index in [1.54, 1.807) is 20.0 Å². The first-order chi connectivity index (χ1) is 10.8. The number of rotatable bonds is 7. The second-order valence-electron chi connectivity index (χ2n) is 5.94. The van der Waals surface area contributed by atoms with Crippen LogP contribution < -0.4 is 15.4 Å². The highest BCUT2D eigenvalue weighted by Gasteiger charge is 2.16. The second-order valence-corrected chi connectivity index (χ2v) is 7.68. The van der Waals surface area contributed by atoms with Crippen LogP contribution in [0.1, 0.15) is 25.0 Å². The highest BCUT2D eigenvalue weighted by molar-refractivity contribution is 7.89. The Morgan fingerprint density at radius 1 is 1.17 bits per heavy atom. The Morgan fingerprint density at radius 3 is 2.48 bits per heavy atom. The minimum Gasteiger partial charge on any atom is -0.356 e. The molecule has 1 aromatic rings. The molecule has 0 saturated carbocycles. The van der Waals surface area contributed by atoms with Crippen LogP contribution in [0.15, 0.2) is 28.1 Å². The smallest absolute Gasteiger partial charge is 0.240 e. The summed E-state index contributed by atoms with van der Waals surface area (Å²) in [7, 11) is -1.80. The molecule has 6 nitrogen and oxygen atoms in total. The van der Waals surface area contributed by atoms with Crippen LogP contribution in [-0.4, -0.2) is 41.1 Å². The van der Waals surface area contributed by atoms with Gasteiger partial charge in [0.15, 0.2) is 5.96 Å². The molecule has 0 aliphatic carbocycles. The first-order valence-electron chi connectivity index (χ1n) is 7.77. The minimum absolute atomic E-state index is 0.290. The predicted octanol–water partition coefficient (Wildman–Crippen LogP) is 1.40. The molecular formula is C16H28N4O2S. The molecular weight excluding hydrogens is 312 g/mol. The van der Waals surface area contributed by atoms with Crippen LogP contribution in [0.4, 0.5) is 0 Å². The number of hydrogen-bond donors (Lipinski definition) is 3. The van der Waals surface area contributed by atoms with Crippen molar-refractivity contribution in [3.63, 3.8) is 0 Å². The van der Waals surface area contributed by atoms with Gasteiger partial charge in [-0.1, -0.05) is 26.0 Å². The normalized spacial score (nSPS) is 12.5. The summed E-state index contributed by atoms with van der Waals surface area (Å²) in [5.41, 5.74) is 1.66. The molecule has 0 fully saturated rings. The van der Waals surface area contributed by atoms with Crippen molar-refractivity contribution in [3.05, 3.63) is 29.3 Å². The summed E-state index contributed by atoms with van der Waals surface area (Å²) in [5, 5.41) is 6.26. The topological polar surface area (TPSA) is 82.6 Å². The van der Waals surface area contributed by atoms with Crippen molar-refractivity contribution < 1.29 is 8.42 Å². The van der Waals surface area contributed by atoms with Gasteiger partial charge in [-0.2, -0.15) is 0 Å². The van der Waals surface area contributed by atoms with Crippen LogP contribution in [0.25, 0.3) is 0 Å². The summed E-state index contributed by atoms with van der Waals surface area (Å²) in [4.78, 5) is 4.43. The lowest BCUT2D eigenvalue weighted by Crippen LogP contribution is -2.42. The van der Waals surface area contributed by atoms with Crippen LogP contribution in [0.3, 0.4) is 0 Å². The fourth-order valence-electron chi connectivity index (χ4n) is 1.96. The lowest BCUT2D eigenvalue weighted by molar-refractivity contribution is 0.579. The zero-order chi connectivity index (χ0) is 17.5. The zero-order valence-corrected chi connectivity index (χ0v) is 15.4. The lowest BCUT2D eigenvalue weighted by atomic mass is 10.2. The van der Waals surface area contributed by atoms with E-state index in [4.69, 9.17) is 0 Å². The van der Waals surface area contributed by atoms with E-state index in [-0.39, 0.29) is 6.54 Å². The van der Waals surface area contributed by atoms with E-state index in [1.807, 2.05) is 19.1 Å². The van der Waals surface area contributed by atoms with Crippen molar-refractivity contribution in [2.75, 3.05) is 26.7 Å². The summed E-state index contributed by atoms with van der Waals surface area (Å²) in [6, 6.07) is 5.41. The molecule has 7 heteroatoms. The highest BCUT2D eigenvalue weighted by atomic mass is 32.2. The molecule has 0 heterocycles. The fourth-order valence-corrected chi connectivity index (χ4v) is 3.32. The third kappa shape index (κ3) is 6.58. The summed E-state index contributed by atoms with van der Waals surface area (Å²) in [6.45, 7) is 9.46. The second kappa shape index (κ2) is 8.88. The van der Waals surface area contributed by atoms with Gasteiger partial charge in [0.1, 0.15) is 0 Å². The van der Waals surface area contributed by atoms with Gasteiger partial charge in [0.05, 0.1) is 4.90 Å². The number of hydrogen-bond acceptors (Lipinski definition) is 3. The van der Waals surface area contributed by atoms with E-state index < -0.39 is 10.0 Å². The van der Waals surface area contributed by atoms with Gasteiger partial charge < -0.3 is 10.6 Å². The summed E-state index contributed by atoms with van der Waals surface area (Å²) >= 11 is 0. The molecule has 0 bridgehead atoms. The summed E-state index contributed by atoms with van der Waals surface area (Å²) < 4.78 is 27.3. The van der Waals surface area contributed by atoms with E-state index in [2.05, 4.69) is 34.2 Å². The number of aryl methyl sites for hydroxylation is 2. The number of sulfonamides is 1. The molecule has 0 aliphatic heterocycles. The third-order valence-electron chi connectivity index (χ3n) is 3.24. The van der Waals surface area contributed by atoms with Crippen molar-refractivity contribution in [2.24, 2.45) is 10.9 Å². The van der Waals surface area contributed by atoms with Gasteiger partial charge >= 0.3 is 0 Å². The van der Waals surface area contributed by atoms with Crippen molar-refractivity contribution in [1.82, 2.24) is 15.4 Å². The lowest BCUT2D eigenvalue weighted by Gasteiger charge is -2.14. The average molecular weight is 340 g/mol. The standard InChI is InChI=1S/C16H28N4O2S/c1-12(2)11-19-16(17-5)18-8-9-20-23(21,22)15-10-13(3)6-7-14(15)4/h6-7,10,12,20H,8-9,11H2,1-5H3,(H2,17,18,19). The Balaban J connectivity index is 2.53. The molecule has 0 atom stereocenters. The van der Waals surface area contributed by atoms with E-state index in [1.165, 1.54) is 0 Å². The van der Waals surface area contributed by atoms with Gasteiger partial charge in [0.25, 0.3) is 0 Å². The maximum Gasteiger partial charge on any atom is 0.240 e. The number of aliphatic imine (C=N–C) groups is 1. The monoisotopic (exact) mass is 340 g/mol. The number of benzene rings is 1. The molecule has 1 aromatic carbocycles. The number of nitrogens with one attached hydrogen (secondary N) is 3. The molecule has 1 rings (SSSR count). The van der Waals surface area contributed by atoms with Crippen LogP contribution in [-0.2, 0) is 10.0 Å². The van der Waals surface area contributed by atoms with Crippen LogP contribution in [0.2, 0.25) is 0 Å². The van der Waals surface area contributed by atoms with E-state index in [0.717, 1.165) is 17.7 Å². The largest absolute Gasteiger partial charge is 0.356 e. The third-order valence-corrected chi connectivity index (χ3v) is 4.85. The van der Waals surface area contributed by atoms with Crippen LogP contribution >= 0.6 is 0 Å². The summed E-state index contributed by atoms with van der Waals surface area (Å²) in [6.07, 6.45) is 0. The first-order valence-corrected chi connectivity index (χ1v) is 9.26. The predicted molar refractivity (Wildman–Crippen MR) is 95.3 cm³/mol. The van der Waals surface area contributed by atoms with Crippen molar-refractivity contribution in [2.45, 2.75) is 32.6 Å². The quantitative estimate of drug-likeness (QED) is 0.398. The molecule has 23 heavy (non-hydrogen) atoms. The SMILES string of the molecule is CN=C(NCCNS(=O)(=O)c1cc(C)ccc1C)NCC(C)C. The average Bonchev–Trinajstić information content (AvgIpc) is 2.48. The molecule has 3 N–H and O–H groups in total. The molecule has 130 valence electrons. The van der Waals surface area contributed by atoms with Gasteiger partial charge in [-0.25, -0.2) is 13.1 Å². The Hall–Kier alpha value is -1.60. The molecule has 0 saturated heterocycles. The van der Waals surface area contributed by atoms with Gasteiger partial charge in [0, 0.05) is 26.7 Å². The van der Waals surface area contributed by atoms with Gasteiger partial charge in [0.2, 0.25) is 10.0 Å². The molecule has 0 radical (unpaired) electrons. The fraction of sp³-hybridized carbons (Fsp3) is 0.562. The summed E-state index contributed by atoms with van der Waals surface area (Å²) in [5.74, 6) is 1.18. The van der Waals surface area contributed by atoms with Gasteiger partial charge in [-0.15, -0.1) is 0 Å². The first kappa shape index (κ1) is 19.4. The zero-order valence-electron chi connectivity index (χ0n) is 14.6. The molecule has 0 aliphatic rings. The Labute approximate surface area is 139 Å². The van der Waals surface area contributed by atoms with E-state index in [0.29, 0.717) is 23.3 Å². The van der Waals surface area contributed by atoms with Crippen molar-refractivity contribution in [1.29, 1.82) is 0 Å². The van der Waals surface area contributed by atoms with Crippen molar-refractivity contribution in [3.8, 4) is 0 Å². The van der Waals surface area contributed by atoms with Crippen LogP contribution in [0, 0.1) is 19.8 Å². The molecule has 0 aromatic heterocycles. The van der Waals surface area contributed by atoms with Gasteiger partial charge in [-0.05, 0) is 37.0 Å². The Kier molecular flexibility index (Phi) is 7.51. The van der Waals surface area contributed by atoms with E-state index in [9.17, 15) is 8.42 Å². The Morgan fingerprint density at radius 2 is 1.87 bits per heavy atom. The van der Waals surface area contributed by atoms with E-state index >= 15 is 0 Å².